The molecule has 0 aromatic carbocycles. The van der Waals surface area contributed by atoms with E-state index in [0.29, 0.717) is 6.04 Å². The quantitative estimate of drug-likeness (QED) is 0.757. The minimum absolute atomic E-state index is 0.365. The van der Waals surface area contributed by atoms with Crippen LogP contribution in [0.4, 0.5) is 0 Å². The van der Waals surface area contributed by atoms with E-state index in [1.54, 1.807) is 0 Å². The van der Waals surface area contributed by atoms with E-state index in [0.717, 1.165) is 12.0 Å². The molecule has 0 aliphatic carbocycles. The molecule has 1 fully saturated rings. The van der Waals surface area contributed by atoms with Crippen molar-refractivity contribution in [3.05, 3.63) is 0 Å². The lowest BCUT2D eigenvalue weighted by molar-refractivity contribution is 0.129. The Bertz CT molecular complexity index is 210. The van der Waals surface area contributed by atoms with Gasteiger partial charge in [-0.2, -0.15) is 0 Å². The van der Waals surface area contributed by atoms with Gasteiger partial charge in [-0.25, -0.2) is 0 Å². The van der Waals surface area contributed by atoms with Crippen molar-refractivity contribution < 1.29 is 0 Å². The summed E-state index contributed by atoms with van der Waals surface area (Å²) in [7, 11) is 4.53. The molecule has 18 heavy (non-hydrogen) atoms. The Morgan fingerprint density at radius 2 is 1.83 bits per heavy atom. The van der Waals surface area contributed by atoms with Crippen LogP contribution in [-0.2, 0) is 0 Å². The molecule has 0 bridgehead atoms. The average Bonchev–Trinajstić information content (AvgIpc) is 2.29. The third-order valence-corrected chi connectivity index (χ3v) is 4.27. The maximum atomic E-state index is 5.79. The van der Waals surface area contributed by atoms with Gasteiger partial charge in [0.15, 0.2) is 0 Å². The largest absolute Gasteiger partial charge is 0.328 e. The van der Waals surface area contributed by atoms with Crippen LogP contribution in [0.3, 0.4) is 0 Å². The fourth-order valence-electron chi connectivity index (χ4n) is 2.96. The molecule has 0 aromatic rings. The van der Waals surface area contributed by atoms with Gasteiger partial charge in [0.1, 0.15) is 0 Å². The molecule has 1 aliphatic heterocycles. The second-order valence-electron chi connectivity index (χ2n) is 6.49. The summed E-state index contributed by atoms with van der Waals surface area (Å²) in [5, 5.41) is 0. The second kappa shape index (κ2) is 8.13. The van der Waals surface area contributed by atoms with Crippen molar-refractivity contribution in [1.82, 2.24) is 9.80 Å². The molecule has 2 unspecified atom stereocenters. The Labute approximate surface area is 114 Å². The lowest BCUT2D eigenvalue weighted by Gasteiger charge is -2.36. The van der Waals surface area contributed by atoms with Crippen LogP contribution in [0.1, 0.15) is 46.0 Å². The van der Waals surface area contributed by atoms with Crippen LogP contribution in [0.25, 0.3) is 0 Å². The first-order chi connectivity index (χ1) is 8.49. The number of likely N-dealkylation sites (tertiary alicyclic amines) is 1. The summed E-state index contributed by atoms with van der Waals surface area (Å²) in [4.78, 5) is 5.03. The molecular formula is C15H33N3. The van der Waals surface area contributed by atoms with Crippen LogP contribution >= 0.6 is 0 Å². The zero-order chi connectivity index (χ0) is 13.5. The molecule has 108 valence electrons. The lowest BCUT2D eigenvalue weighted by atomic mass is 9.99. The molecule has 3 nitrogen and oxygen atoms in total. The number of piperidine rings is 1. The highest BCUT2D eigenvalue weighted by molar-refractivity contribution is 4.77. The predicted molar refractivity (Wildman–Crippen MR) is 79.8 cm³/mol. The highest BCUT2D eigenvalue weighted by atomic mass is 15.2. The first-order valence-corrected chi connectivity index (χ1v) is 7.63. The van der Waals surface area contributed by atoms with E-state index in [1.807, 2.05) is 0 Å². The van der Waals surface area contributed by atoms with Gasteiger partial charge >= 0.3 is 0 Å². The first kappa shape index (κ1) is 15.9. The van der Waals surface area contributed by atoms with Crippen molar-refractivity contribution in [2.45, 2.75) is 58.0 Å². The van der Waals surface area contributed by atoms with Gasteiger partial charge in [-0.3, -0.25) is 0 Å². The zero-order valence-electron chi connectivity index (χ0n) is 12.9. The molecule has 1 heterocycles. The van der Waals surface area contributed by atoms with E-state index in [2.05, 4.69) is 37.7 Å². The summed E-state index contributed by atoms with van der Waals surface area (Å²) in [5.41, 5.74) is 5.79. The van der Waals surface area contributed by atoms with E-state index in [1.165, 1.54) is 51.7 Å². The molecule has 1 rings (SSSR count). The normalized spacial score (nSPS) is 22.3. The maximum Gasteiger partial charge on any atom is 0.0117 e. The molecular weight excluding hydrogens is 222 g/mol. The molecule has 0 spiro atoms. The van der Waals surface area contributed by atoms with Gasteiger partial charge in [-0.15, -0.1) is 0 Å². The Hall–Kier alpha value is -0.120. The summed E-state index contributed by atoms with van der Waals surface area (Å²) >= 11 is 0. The molecule has 1 saturated heterocycles. The highest BCUT2D eigenvalue weighted by Gasteiger charge is 2.21. The minimum Gasteiger partial charge on any atom is -0.328 e. The summed E-state index contributed by atoms with van der Waals surface area (Å²) in [5.74, 6) is 0.799. The fraction of sp³-hybridized carbons (Fsp3) is 1.00. The highest BCUT2D eigenvalue weighted by Crippen LogP contribution is 2.17. The number of nitrogens with two attached hydrogens (primary N) is 1. The predicted octanol–water partition coefficient (Wildman–Crippen LogP) is 2.17. The van der Waals surface area contributed by atoms with E-state index < -0.39 is 0 Å². The van der Waals surface area contributed by atoms with Gasteiger partial charge in [-0.05, 0) is 65.7 Å². The SMILES string of the molecule is CC(N)CCCC(C)CN(C)C1CCN(C)CC1. The van der Waals surface area contributed by atoms with Crippen LogP contribution in [0.15, 0.2) is 0 Å². The van der Waals surface area contributed by atoms with Crippen LogP contribution in [-0.4, -0.2) is 55.6 Å². The summed E-state index contributed by atoms with van der Waals surface area (Å²) in [6.07, 6.45) is 6.43. The summed E-state index contributed by atoms with van der Waals surface area (Å²) in [6, 6.07) is 1.17. The first-order valence-electron chi connectivity index (χ1n) is 7.63. The fourth-order valence-corrected chi connectivity index (χ4v) is 2.96. The van der Waals surface area contributed by atoms with Crippen molar-refractivity contribution in [1.29, 1.82) is 0 Å². The van der Waals surface area contributed by atoms with Crippen molar-refractivity contribution in [3.63, 3.8) is 0 Å². The van der Waals surface area contributed by atoms with Gasteiger partial charge in [0.05, 0.1) is 0 Å². The van der Waals surface area contributed by atoms with E-state index in [4.69, 9.17) is 5.73 Å². The molecule has 0 saturated carbocycles. The third kappa shape index (κ3) is 6.17. The van der Waals surface area contributed by atoms with Crippen LogP contribution in [0.5, 0.6) is 0 Å². The van der Waals surface area contributed by atoms with Crippen LogP contribution < -0.4 is 5.73 Å². The van der Waals surface area contributed by atoms with Crippen LogP contribution in [0.2, 0.25) is 0 Å². The van der Waals surface area contributed by atoms with Crippen molar-refractivity contribution in [3.8, 4) is 0 Å². The molecule has 2 atom stereocenters. The summed E-state index contributed by atoms with van der Waals surface area (Å²) < 4.78 is 0. The number of hydrogen-bond donors (Lipinski definition) is 1. The van der Waals surface area contributed by atoms with Crippen molar-refractivity contribution in [2.24, 2.45) is 11.7 Å². The van der Waals surface area contributed by atoms with Gasteiger partial charge < -0.3 is 15.5 Å². The zero-order valence-corrected chi connectivity index (χ0v) is 12.9. The Balaban J connectivity index is 2.16. The Morgan fingerprint density at radius 1 is 1.22 bits per heavy atom. The number of hydrogen-bond acceptors (Lipinski definition) is 3. The maximum absolute atomic E-state index is 5.79. The van der Waals surface area contributed by atoms with E-state index in [-0.39, 0.29) is 0 Å². The third-order valence-electron chi connectivity index (χ3n) is 4.27. The molecule has 3 heteroatoms. The Morgan fingerprint density at radius 3 is 2.39 bits per heavy atom. The van der Waals surface area contributed by atoms with Crippen LogP contribution in [0, 0.1) is 5.92 Å². The molecule has 0 radical (unpaired) electrons. The number of rotatable bonds is 7. The molecule has 1 aliphatic rings. The monoisotopic (exact) mass is 255 g/mol. The topological polar surface area (TPSA) is 32.5 Å². The minimum atomic E-state index is 0.365. The average molecular weight is 255 g/mol. The van der Waals surface area contributed by atoms with Crippen molar-refractivity contribution in [2.75, 3.05) is 33.7 Å². The van der Waals surface area contributed by atoms with E-state index >= 15 is 0 Å². The standard InChI is InChI=1S/C15H33N3/c1-13(6-5-7-14(2)16)12-18(4)15-8-10-17(3)11-9-15/h13-15H,5-12,16H2,1-4H3. The van der Waals surface area contributed by atoms with Gasteiger partial charge in [0.2, 0.25) is 0 Å². The van der Waals surface area contributed by atoms with Crippen molar-refractivity contribution >= 4 is 0 Å². The van der Waals surface area contributed by atoms with Gasteiger partial charge in [0.25, 0.3) is 0 Å². The number of nitrogens with zero attached hydrogens (tertiary/aromatic N) is 2. The van der Waals surface area contributed by atoms with Gasteiger partial charge in [-0.1, -0.05) is 13.3 Å². The molecule has 2 N–H and O–H groups in total. The second-order valence-corrected chi connectivity index (χ2v) is 6.49. The molecule has 0 amide bonds. The smallest absolute Gasteiger partial charge is 0.0117 e. The molecule has 0 aromatic heterocycles. The summed E-state index contributed by atoms with van der Waals surface area (Å²) in [6.45, 7) is 8.25. The van der Waals surface area contributed by atoms with E-state index in [9.17, 15) is 0 Å². The lowest BCUT2D eigenvalue weighted by Crippen LogP contribution is -2.43. The van der Waals surface area contributed by atoms with Gasteiger partial charge in [0, 0.05) is 18.6 Å². The Kier molecular flexibility index (Phi) is 7.20.